The van der Waals surface area contributed by atoms with Gasteiger partial charge in [-0.15, -0.1) is 0 Å². The van der Waals surface area contributed by atoms with E-state index in [0.717, 1.165) is 47.1 Å². The normalized spacial score (nSPS) is 24.1. The second-order valence-electron chi connectivity index (χ2n) is 15.0. The van der Waals surface area contributed by atoms with E-state index in [1.807, 2.05) is 87.5 Å². The van der Waals surface area contributed by atoms with Gasteiger partial charge in [0.25, 0.3) is 0 Å². The van der Waals surface area contributed by atoms with Crippen LogP contribution < -0.4 is 9.62 Å². The van der Waals surface area contributed by atoms with Crippen LogP contribution in [0.4, 0.5) is 5.69 Å². The summed E-state index contributed by atoms with van der Waals surface area (Å²) in [6.07, 6.45) is 9.96. The Kier molecular flexibility index (Phi) is 10.0. The second kappa shape index (κ2) is 14.1. The third kappa shape index (κ3) is 7.64. The number of nitrogens with one attached hydrogen (secondary N) is 1. The zero-order chi connectivity index (χ0) is 34.1. The molecule has 3 aromatic carbocycles. The van der Waals surface area contributed by atoms with Gasteiger partial charge in [0.15, 0.2) is 0 Å². The van der Waals surface area contributed by atoms with E-state index in [4.69, 9.17) is 0 Å². The topological polar surface area (TPSA) is 86.8 Å². The molecule has 0 spiro atoms. The molecule has 0 unspecified atom stereocenters. The molecule has 4 saturated carbocycles. The molecule has 4 aliphatic rings. The highest BCUT2D eigenvalue weighted by atomic mass is 32.2. The fourth-order valence-electron chi connectivity index (χ4n) is 9.06. The Morgan fingerprint density at radius 2 is 1.48 bits per heavy atom. The van der Waals surface area contributed by atoms with Crippen molar-refractivity contribution in [2.75, 3.05) is 17.1 Å². The Balaban J connectivity index is 1.31. The van der Waals surface area contributed by atoms with Crippen LogP contribution in [0.2, 0.25) is 0 Å². The summed E-state index contributed by atoms with van der Waals surface area (Å²) in [6.45, 7) is 5.72. The predicted molar refractivity (Wildman–Crippen MR) is 192 cm³/mol. The number of sulfonamides is 1. The van der Waals surface area contributed by atoms with Gasteiger partial charge in [0.2, 0.25) is 21.8 Å². The molecule has 7 nitrogen and oxygen atoms in total. The number of carbonyl (C=O) groups excluding carboxylic acids is 2. The van der Waals surface area contributed by atoms with E-state index in [1.54, 1.807) is 4.90 Å². The molecule has 0 heterocycles. The van der Waals surface area contributed by atoms with E-state index in [9.17, 15) is 18.0 Å². The predicted octanol–water partition coefficient (Wildman–Crippen LogP) is 6.78. The molecule has 2 atom stereocenters. The summed E-state index contributed by atoms with van der Waals surface area (Å²) < 4.78 is 27.9. The van der Waals surface area contributed by atoms with E-state index in [0.29, 0.717) is 12.1 Å². The lowest BCUT2D eigenvalue weighted by molar-refractivity contribution is -0.140. The first-order valence-corrected chi connectivity index (χ1v) is 19.5. The molecular formula is C40H51N3O4S. The number of carbonyl (C=O) groups is 2. The summed E-state index contributed by atoms with van der Waals surface area (Å²) in [5, 5.41) is 3.09. The van der Waals surface area contributed by atoms with Gasteiger partial charge in [-0.05, 0) is 111 Å². The lowest BCUT2D eigenvalue weighted by Crippen LogP contribution is -2.54. The molecule has 48 heavy (non-hydrogen) atoms. The summed E-state index contributed by atoms with van der Waals surface area (Å²) in [5.41, 5.74) is 4.81. The zero-order valence-electron chi connectivity index (χ0n) is 28.9. The summed E-state index contributed by atoms with van der Waals surface area (Å²) >= 11 is 0. The van der Waals surface area contributed by atoms with Crippen molar-refractivity contribution in [3.05, 3.63) is 101 Å². The third-order valence-corrected chi connectivity index (χ3v) is 12.3. The lowest BCUT2D eigenvalue weighted by Gasteiger charge is -2.57. The van der Waals surface area contributed by atoms with Crippen LogP contribution in [0, 0.1) is 24.7 Å². The zero-order valence-corrected chi connectivity index (χ0v) is 29.7. The van der Waals surface area contributed by atoms with Crippen molar-refractivity contribution >= 4 is 27.5 Å². The summed E-state index contributed by atoms with van der Waals surface area (Å²) in [4.78, 5) is 30.0. The number of hydrogen-bond acceptors (Lipinski definition) is 4. The van der Waals surface area contributed by atoms with Gasteiger partial charge < -0.3 is 10.2 Å². The van der Waals surface area contributed by atoms with Crippen molar-refractivity contribution in [2.45, 2.75) is 96.2 Å². The molecule has 0 saturated heterocycles. The summed E-state index contributed by atoms with van der Waals surface area (Å²) in [7, 11) is -3.83. The van der Waals surface area contributed by atoms with Gasteiger partial charge in [0.1, 0.15) is 12.6 Å². The van der Waals surface area contributed by atoms with Crippen LogP contribution in [0.15, 0.2) is 78.9 Å². The highest BCUT2D eigenvalue weighted by molar-refractivity contribution is 7.92. The Morgan fingerprint density at radius 3 is 2.04 bits per heavy atom. The smallest absolute Gasteiger partial charge is 0.244 e. The molecule has 1 N–H and O–H groups in total. The fraction of sp³-hybridized carbons (Fsp3) is 0.500. The molecule has 0 radical (unpaired) electrons. The summed E-state index contributed by atoms with van der Waals surface area (Å²) in [6, 6.07) is 24.6. The average molecular weight is 670 g/mol. The van der Waals surface area contributed by atoms with Gasteiger partial charge in [0, 0.05) is 19.0 Å². The van der Waals surface area contributed by atoms with Gasteiger partial charge in [0.05, 0.1) is 11.9 Å². The standard InChI is InChI=1S/C40H51N3O4S/c1-5-29(3)41-39(45)37(22-30-11-7-6-8-12-30)42(26-31-13-9-10-28(2)18-31)38(44)27-43(48(4,46)47)36-16-14-35(15-17-36)40-23-32-19-33(24-40)21-34(20-32)25-40/h6-18,29,32-34,37H,5,19-27H2,1-4H3,(H,41,45)/t29-,32?,33?,34?,37-,40?/m0/s1. The summed E-state index contributed by atoms with van der Waals surface area (Å²) in [5.74, 6) is 1.75. The molecule has 256 valence electrons. The maximum Gasteiger partial charge on any atom is 0.244 e. The number of nitrogens with zero attached hydrogens (tertiary/aromatic N) is 2. The van der Waals surface area contributed by atoms with Crippen molar-refractivity contribution in [3.8, 4) is 0 Å². The Hall–Kier alpha value is -3.65. The third-order valence-electron chi connectivity index (χ3n) is 11.2. The van der Waals surface area contributed by atoms with E-state index < -0.39 is 28.5 Å². The first-order valence-electron chi connectivity index (χ1n) is 17.7. The minimum absolute atomic E-state index is 0.0771. The number of rotatable bonds is 13. The van der Waals surface area contributed by atoms with Crippen LogP contribution in [-0.4, -0.2) is 50.0 Å². The van der Waals surface area contributed by atoms with Crippen molar-refractivity contribution in [2.24, 2.45) is 17.8 Å². The van der Waals surface area contributed by atoms with Gasteiger partial charge in [-0.3, -0.25) is 13.9 Å². The first-order chi connectivity index (χ1) is 22.9. The SMILES string of the molecule is CC[C@H](C)NC(=O)[C@H](Cc1ccccc1)N(Cc1cccc(C)c1)C(=O)CN(c1ccc(C23CC4CC(CC(C4)C2)C3)cc1)S(C)(=O)=O. The van der Waals surface area contributed by atoms with Crippen LogP contribution in [-0.2, 0) is 38.0 Å². The van der Waals surface area contributed by atoms with Crippen LogP contribution in [0.1, 0.15) is 81.0 Å². The lowest BCUT2D eigenvalue weighted by atomic mass is 9.48. The first kappa shape index (κ1) is 34.2. The van der Waals surface area contributed by atoms with E-state index in [1.165, 1.54) is 48.4 Å². The molecule has 4 fully saturated rings. The highest BCUT2D eigenvalue weighted by Crippen LogP contribution is 2.60. The maximum absolute atomic E-state index is 14.5. The van der Waals surface area contributed by atoms with Crippen molar-refractivity contribution in [3.63, 3.8) is 0 Å². The molecule has 8 heteroatoms. The molecular weight excluding hydrogens is 619 g/mol. The number of aryl methyl sites for hydroxylation is 1. The van der Waals surface area contributed by atoms with Crippen LogP contribution in [0.3, 0.4) is 0 Å². The number of amides is 2. The van der Waals surface area contributed by atoms with Crippen LogP contribution in [0.5, 0.6) is 0 Å². The quantitative estimate of drug-likeness (QED) is 0.217. The minimum Gasteiger partial charge on any atom is -0.352 e. The molecule has 4 bridgehead atoms. The van der Waals surface area contributed by atoms with Gasteiger partial charge in [-0.2, -0.15) is 0 Å². The molecule has 2 amide bonds. The van der Waals surface area contributed by atoms with Crippen LogP contribution in [0.25, 0.3) is 0 Å². The van der Waals surface area contributed by atoms with Gasteiger partial charge in [-0.25, -0.2) is 8.42 Å². The van der Waals surface area contributed by atoms with Crippen molar-refractivity contribution in [1.29, 1.82) is 0 Å². The minimum atomic E-state index is -3.83. The molecule has 4 aliphatic carbocycles. The second-order valence-corrected chi connectivity index (χ2v) is 17.0. The highest BCUT2D eigenvalue weighted by Gasteiger charge is 2.51. The maximum atomic E-state index is 14.5. The molecule has 7 rings (SSSR count). The Labute approximate surface area is 287 Å². The fourth-order valence-corrected chi connectivity index (χ4v) is 9.91. The molecule has 0 aliphatic heterocycles. The van der Waals surface area contributed by atoms with Gasteiger partial charge in [-0.1, -0.05) is 79.2 Å². The number of benzene rings is 3. The van der Waals surface area contributed by atoms with Crippen molar-refractivity contribution < 1.29 is 18.0 Å². The van der Waals surface area contributed by atoms with E-state index in [-0.39, 0.29) is 23.9 Å². The van der Waals surface area contributed by atoms with Gasteiger partial charge >= 0.3 is 0 Å². The van der Waals surface area contributed by atoms with Crippen molar-refractivity contribution in [1.82, 2.24) is 10.2 Å². The number of hydrogen-bond donors (Lipinski definition) is 1. The Bertz CT molecular complexity index is 1670. The van der Waals surface area contributed by atoms with E-state index in [2.05, 4.69) is 17.4 Å². The average Bonchev–Trinajstić information content (AvgIpc) is 3.04. The number of anilines is 1. The Morgan fingerprint density at radius 1 is 0.875 bits per heavy atom. The molecule has 0 aromatic heterocycles. The van der Waals surface area contributed by atoms with E-state index >= 15 is 0 Å². The monoisotopic (exact) mass is 669 g/mol. The largest absolute Gasteiger partial charge is 0.352 e. The molecule has 3 aromatic rings. The van der Waals surface area contributed by atoms with Crippen LogP contribution >= 0.6 is 0 Å².